The Morgan fingerprint density at radius 1 is 0.409 bits per heavy atom. The number of nitrogens with zero attached hydrogens (tertiary/aromatic N) is 4. The first-order valence-electron chi connectivity index (χ1n) is 25.1. The van der Waals surface area contributed by atoms with Crippen molar-refractivity contribution in [2.45, 2.75) is 38.9 Å². The molecule has 4 aromatic heterocycles. The first-order valence-corrected chi connectivity index (χ1v) is 31.5. The molecule has 0 aliphatic carbocycles. The zero-order valence-corrected chi connectivity index (χ0v) is 72.5. The fraction of sp³-hybridized carbons (Fsp3) is 0.0882. The zero-order valence-electron chi connectivity index (χ0n) is 53.3. The van der Waals surface area contributed by atoms with Gasteiger partial charge in [0.15, 0.2) is 0 Å². The molecule has 6 unspecified atom stereocenters. The molecule has 0 bridgehead atoms. The molecule has 25 heteroatoms. The van der Waals surface area contributed by atoms with Crippen molar-refractivity contribution in [1.29, 1.82) is 0 Å². The number of imidazole rings is 4. The van der Waals surface area contributed by atoms with Gasteiger partial charge in [-0.25, -0.2) is 43.2 Å². The van der Waals surface area contributed by atoms with Gasteiger partial charge in [-0.05, 0) is 114 Å². The topological polar surface area (TPSA) is 133 Å². The second-order valence-electron chi connectivity index (χ2n) is 19.1. The number of rotatable bonds is 10. The Hall–Kier alpha value is -1.64. The molecule has 1 fully saturated rings. The standard InChI is InChI=1S/C26H18N4P2.C19H21BN2O2P.C13H9BrN2P.2C2H4P.6CH3.6V.W/c1-3-31-25-27-21-11-7-17-13-15(5-9-19(17)23(21)29-25)16-6-10-20-18(14-16)8-12-22-24(20)30-26(28-22)32-4-2;1-6-25-17-21-15-10-7-12-11-13(8-9-14(12)16(15)22-17)20-23-18(2,3)19(4,5)24-20;1-2-17-13-15-11-6-3-8-7-9(14)4-5-10(8)12(11)16-13;2*1-2-3;;;;;;;;;;;;;/h1-14,31-32H,(H,27,29)(H,28,30);1,6-11,25H,2-5H3,(H,21,22);1-7,17H,(H,15,16);2*1-2H,3H2;6*1H3;;;;;;;/q-2;10*-1;6*+2;. The third-order valence-electron chi connectivity index (χ3n) is 13.6. The smallest absolute Gasteiger partial charge is 0.514 e. The van der Waals surface area contributed by atoms with E-state index in [2.05, 4.69) is 220 Å². The van der Waals surface area contributed by atoms with Crippen molar-refractivity contribution < 1.29 is 142 Å². The third-order valence-corrected chi connectivity index (χ3v) is 16.8. The van der Waals surface area contributed by atoms with Gasteiger partial charge in [0.1, 0.15) is 22.3 Å². The number of benzene rings is 8. The van der Waals surface area contributed by atoms with Crippen LogP contribution in [0.2, 0.25) is 0 Å². The molecule has 0 saturated carbocycles. The number of H-pyrrole nitrogens is 4. The van der Waals surface area contributed by atoms with E-state index in [1.54, 1.807) is 23.3 Å². The van der Waals surface area contributed by atoms with Crippen molar-refractivity contribution in [3.8, 4) is 11.1 Å². The van der Waals surface area contributed by atoms with Crippen molar-refractivity contribution in [1.82, 2.24) is 39.9 Å². The molecule has 5 heterocycles. The molecule has 13 rings (SSSR count). The second kappa shape index (κ2) is 45.9. The Morgan fingerprint density at radius 2 is 0.667 bits per heavy atom. The third kappa shape index (κ3) is 23.5. The summed E-state index contributed by atoms with van der Waals surface area (Å²) < 4.78 is 13.4. The van der Waals surface area contributed by atoms with Crippen LogP contribution in [0.15, 0.2) is 161 Å². The van der Waals surface area contributed by atoms with E-state index < -0.39 is 0 Å². The fourth-order valence-corrected chi connectivity index (χ4v) is 11.8. The molecule has 8 aromatic carbocycles. The minimum absolute atomic E-state index is 0. The molecular formula is C68H74BBrN8O2P6V6W. The van der Waals surface area contributed by atoms with Crippen LogP contribution in [0.25, 0.3) is 98.4 Å². The first kappa shape index (κ1) is 100. The van der Waals surface area contributed by atoms with E-state index in [1.807, 2.05) is 6.07 Å². The number of hydrogen-bond donors (Lipinski definition) is 4. The molecule has 1 aliphatic heterocycles. The SMILES string of the molecule is [CH-]=CP.[CH-]=CP.[CH-]=CPc1nc2c(ccc3cc(-c4ccc5c(ccc6[nH]c(PC=[CH-])nc65)c4)ccc32)[nH]1.[CH-]=CPc1nc2c(ccc3cc(B4OC(C)(C)C(C)(C)O4)ccc32)[nH]1.[CH-]=CPc1nc2c(ccc3cc(Br)ccc32)[nH]1.[CH3-].[CH3-].[CH3-].[CH3-].[CH3-].[CH3-].[V+2].[V+2].[V+2].[V+2].[V+2].[V+2].[W]. The van der Waals surface area contributed by atoms with Gasteiger partial charge in [-0.2, -0.15) is 18.5 Å². The van der Waals surface area contributed by atoms with Gasteiger partial charge >= 0.3 is 118 Å². The molecule has 1 aliphatic rings. The number of nitrogens with one attached hydrogen (secondary N) is 4. The number of aromatic nitrogens is 8. The summed E-state index contributed by atoms with van der Waals surface area (Å²) in [5.41, 5.74) is 14.5. The molecule has 1 saturated heterocycles. The predicted molar refractivity (Wildman–Crippen MR) is 400 cm³/mol. The average molecular weight is 1800 g/mol. The van der Waals surface area contributed by atoms with Crippen LogP contribution < -0.4 is 27.7 Å². The largest absolute Gasteiger partial charge is 2.00 e. The van der Waals surface area contributed by atoms with E-state index in [1.165, 1.54) is 38.9 Å². The van der Waals surface area contributed by atoms with E-state index in [0.717, 1.165) is 103 Å². The van der Waals surface area contributed by atoms with Gasteiger partial charge in [-0.15, -0.1) is 0 Å². The van der Waals surface area contributed by atoms with Crippen molar-refractivity contribution in [2.75, 3.05) is 0 Å². The van der Waals surface area contributed by atoms with E-state index in [9.17, 15) is 0 Å². The second-order valence-corrected chi connectivity index (χ2v) is 25.2. The van der Waals surface area contributed by atoms with Crippen LogP contribution in [-0.2, 0) is 142 Å². The van der Waals surface area contributed by atoms with Gasteiger partial charge in [0.05, 0.1) is 55.3 Å². The van der Waals surface area contributed by atoms with Gasteiger partial charge in [0, 0.05) is 47.1 Å². The predicted octanol–water partition coefficient (Wildman–Crippen LogP) is 17.2. The van der Waals surface area contributed by atoms with Crippen LogP contribution in [0.1, 0.15) is 27.7 Å². The Labute approximate surface area is 659 Å². The van der Waals surface area contributed by atoms with Crippen LogP contribution in [0, 0.1) is 84.0 Å². The molecule has 6 radical (unpaired) electrons. The van der Waals surface area contributed by atoms with Crippen molar-refractivity contribution in [3.05, 3.63) is 245 Å². The van der Waals surface area contributed by atoms with Gasteiger partial charge < -0.3 is 113 Å². The van der Waals surface area contributed by atoms with Crippen molar-refractivity contribution in [2.24, 2.45) is 0 Å². The molecule has 0 amide bonds. The van der Waals surface area contributed by atoms with Crippen LogP contribution in [0.3, 0.4) is 0 Å². The fourth-order valence-electron chi connectivity index (χ4n) is 9.27. The van der Waals surface area contributed by atoms with Crippen LogP contribution in [-0.4, -0.2) is 58.2 Å². The molecule has 12 aromatic rings. The summed E-state index contributed by atoms with van der Waals surface area (Å²) in [5, 5.41) is 9.19. The van der Waals surface area contributed by atoms with Crippen LogP contribution >= 0.6 is 68.7 Å². The van der Waals surface area contributed by atoms with E-state index >= 15 is 0 Å². The van der Waals surface area contributed by atoms with Crippen LogP contribution in [0.5, 0.6) is 0 Å². The maximum absolute atomic E-state index is 6.16. The number of hydrogen-bond acceptors (Lipinski definition) is 6. The molecule has 0 spiro atoms. The van der Waals surface area contributed by atoms with Gasteiger partial charge in [0.2, 0.25) is 0 Å². The molecule has 93 heavy (non-hydrogen) atoms. The quantitative estimate of drug-likeness (QED) is 0.0612. The Kier molecular flexibility index (Phi) is 49.4. The zero-order chi connectivity index (χ0) is 56.7. The molecule has 6 atom stereocenters. The maximum atomic E-state index is 6.16. The monoisotopic (exact) mass is 1800 g/mol. The molecule has 4 N–H and O–H groups in total. The summed E-state index contributed by atoms with van der Waals surface area (Å²) in [4.78, 5) is 32.1. The van der Waals surface area contributed by atoms with E-state index in [4.69, 9.17) is 45.6 Å². The minimum atomic E-state index is -0.354. The first-order chi connectivity index (χ1) is 38.6. The summed E-state index contributed by atoms with van der Waals surface area (Å²) in [6.45, 7) is 39.8. The Morgan fingerprint density at radius 3 is 0.957 bits per heavy atom. The Balaban J connectivity index is -0.000000385. The Bertz CT molecular complexity index is 4210. The molecule has 474 valence electrons. The summed E-state index contributed by atoms with van der Waals surface area (Å²) >= 11 is 3.48. The van der Waals surface area contributed by atoms with Crippen LogP contribution in [0.4, 0.5) is 0 Å². The summed E-state index contributed by atoms with van der Waals surface area (Å²) in [7, 11) is 5.65. The number of halogens is 1. The van der Waals surface area contributed by atoms with Gasteiger partial charge in [-0.1, -0.05) is 123 Å². The normalized spacial score (nSPS) is 11.9. The summed E-state index contributed by atoms with van der Waals surface area (Å²) in [5.74, 6) is 9.39. The van der Waals surface area contributed by atoms with Crippen molar-refractivity contribution >= 4 is 191 Å². The summed E-state index contributed by atoms with van der Waals surface area (Å²) in [6.07, 6.45) is 0. The summed E-state index contributed by atoms with van der Waals surface area (Å²) in [6, 6.07) is 42.4. The average Bonchev–Trinajstić information content (AvgIpc) is 1.73. The number of aromatic amines is 4. The minimum Gasteiger partial charge on any atom is -0.514 e. The van der Waals surface area contributed by atoms with Gasteiger partial charge in [-0.3, -0.25) is 11.6 Å². The van der Waals surface area contributed by atoms with E-state index in [-0.39, 0.29) is 195 Å². The number of fused-ring (bicyclic) bond motifs is 12. The molecular weight excluding hydrogens is 1730 g/mol. The van der Waals surface area contributed by atoms with Gasteiger partial charge in [0.25, 0.3) is 0 Å². The molecule has 10 nitrogen and oxygen atoms in total. The van der Waals surface area contributed by atoms with E-state index in [0.29, 0.717) is 34.3 Å². The van der Waals surface area contributed by atoms with Crippen molar-refractivity contribution in [3.63, 3.8) is 0 Å². The maximum Gasteiger partial charge on any atom is 2.00 e.